The lowest BCUT2D eigenvalue weighted by molar-refractivity contribution is -0.134. The van der Waals surface area contributed by atoms with Crippen LogP contribution in [0.3, 0.4) is 0 Å². The van der Waals surface area contributed by atoms with Gasteiger partial charge in [0.25, 0.3) is 0 Å². The van der Waals surface area contributed by atoms with Gasteiger partial charge in [0.15, 0.2) is 0 Å². The van der Waals surface area contributed by atoms with E-state index < -0.39 is 0 Å². The van der Waals surface area contributed by atoms with Crippen molar-refractivity contribution in [1.29, 1.82) is 0 Å². The molecular formula is C17H25N3OS2. The zero-order valence-electron chi connectivity index (χ0n) is 14.7. The highest BCUT2D eigenvalue weighted by atomic mass is 32.2. The molecule has 0 saturated carbocycles. The summed E-state index contributed by atoms with van der Waals surface area (Å²) in [7, 11) is 0. The fraction of sp³-hybridized carbons (Fsp3) is 0.588. The van der Waals surface area contributed by atoms with Gasteiger partial charge in [-0.3, -0.25) is 4.79 Å². The minimum atomic E-state index is -0.169. The van der Waals surface area contributed by atoms with Crippen molar-refractivity contribution in [2.24, 2.45) is 0 Å². The molecule has 1 amide bonds. The monoisotopic (exact) mass is 351 g/mol. The van der Waals surface area contributed by atoms with Gasteiger partial charge in [0.2, 0.25) is 5.91 Å². The predicted octanol–water partition coefficient (Wildman–Crippen LogP) is 4.38. The van der Waals surface area contributed by atoms with Gasteiger partial charge in [-0.1, -0.05) is 18.7 Å². The van der Waals surface area contributed by atoms with Gasteiger partial charge in [-0.05, 0) is 47.1 Å². The predicted molar refractivity (Wildman–Crippen MR) is 99.3 cm³/mol. The summed E-state index contributed by atoms with van der Waals surface area (Å²) in [6.07, 6.45) is 2.59. The van der Waals surface area contributed by atoms with E-state index in [9.17, 15) is 4.79 Å². The molecular weight excluding hydrogens is 326 g/mol. The molecule has 0 saturated heterocycles. The summed E-state index contributed by atoms with van der Waals surface area (Å²) in [5.74, 6) is 0.155. The number of thioether (sulfide) groups is 1. The van der Waals surface area contributed by atoms with Crippen molar-refractivity contribution in [3.63, 3.8) is 0 Å². The van der Waals surface area contributed by atoms with Gasteiger partial charge in [0.1, 0.15) is 16.2 Å². The Hall–Kier alpha value is -1.14. The molecule has 2 heterocycles. The van der Waals surface area contributed by atoms with Gasteiger partial charge in [-0.2, -0.15) is 0 Å². The van der Waals surface area contributed by atoms with Crippen LogP contribution in [0.25, 0.3) is 10.2 Å². The normalized spacial score (nSPS) is 13.3. The molecule has 0 aliphatic carbocycles. The summed E-state index contributed by atoms with van der Waals surface area (Å²) >= 11 is 3.23. The first-order valence-electron chi connectivity index (χ1n) is 7.99. The summed E-state index contributed by atoms with van der Waals surface area (Å²) < 4.78 is 0. The average Bonchev–Trinajstić information content (AvgIpc) is 2.90. The van der Waals surface area contributed by atoms with Gasteiger partial charge in [0, 0.05) is 22.3 Å². The Morgan fingerprint density at radius 1 is 1.35 bits per heavy atom. The molecule has 23 heavy (non-hydrogen) atoms. The molecule has 1 unspecified atom stereocenters. The van der Waals surface area contributed by atoms with Gasteiger partial charge >= 0.3 is 0 Å². The Bertz CT molecular complexity index is 691. The number of carbonyl (C=O) groups is 1. The van der Waals surface area contributed by atoms with Crippen LogP contribution in [0.4, 0.5) is 0 Å². The molecule has 0 bridgehead atoms. The van der Waals surface area contributed by atoms with E-state index in [1.807, 2.05) is 18.7 Å². The second-order valence-electron chi connectivity index (χ2n) is 6.48. The number of aryl methyl sites for hydroxylation is 1. The van der Waals surface area contributed by atoms with Crippen molar-refractivity contribution < 1.29 is 4.79 Å². The molecule has 4 nitrogen and oxygen atoms in total. The number of carbonyl (C=O) groups excluding carboxylic acids is 1. The Morgan fingerprint density at radius 3 is 2.61 bits per heavy atom. The minimum Gasteiger partial charge on any atom is -0.337 e. The van der Waals surface area contributed by atoms with Crippen molar-refractivity contribution in [3.8, 4) is 0 Å². The van der Waals surface area contributed by atoms with E-state index in [4.69, 9.17) is 0 Å². The topological polar surface area (TPSA) is 46.1 Å². The SMILES string of the molecule is CCc1cc2c(SC(C)C(=O)N(CC)C(C)(C)C)ncnc2s1. The fourth-order valence-corrected chi connectivity index (χ4v) is 4.50. The summed E-state index contributed by atoms with van der Waals surface area (Å²) in [6.45, 7) is 13.0. The third kappa shape index (κ3) is 4.04. The van der Waals surface area contributed by atoms with E-state index in [2.05, 4.69) is 43.7 Å². The standard InChI is InChI=1S/C17H25N3OS2/c1-7-12-9-13-14(18-10-19-15(13)23-12)22-11(3)16(21)20(8-2)17(4,5)6/h9-11H,7-8H2,1-6H3. The van der Waals surface area contributed by atoms with E-state index in [1.165, 1.54) is 16.6 Å². The Labute approximate surface area is 146 Å². The number of nitrogens with zero attached hydrogens (tertiary/aromatic N) is 3. The molecule has 0 aliphatic heterocycles. The van der Waals surface area contributed by atoms with E-state index in [0.29, 0.717) is 6.54 Å². The van der Waals surface area contributed by atoms with Gasteiger partial charge < -0.3 is 4.90 Å². The third-order valence-corrected chi connectivity index (χ3v) is 6.01. The van der Waals surface area contributed by atoms with Crippen LogP contribution in [0, 0.1) is 0 Å². The fourth-order valence-electron chi connectivity index (χ4n) is 2.55. The first-order chi connectivity index (χ1) is 10.8. The summed E-state index contributed by atoms with van der Waals surface area (Å²) in [5, 5.41) is 1.80. The Balaban J connectivity index is 2.24. The Kier molecular flexibility index (Phi) is 5.68. The molecule has 1 atom stereocenters. The Morgan fingerprint density at radius 2 is 2.04 bits per heavy atom. The summed E-state index contributed by atoms with van der Waals surface area (Å²) in [4.78, 5) is 25.8. The number of hydrogen-bond acceptors (Lipinski definition) is 5. The lowest BCUT2D eigenvalue weighted by atomic mass is 10.1. The second-order valence-corrected chi connectivity index (χ2v) is 8.92. The lowest BCUT2D eigenvalue weighted by Crippen LogP contribution is -2.48. The summed E-state index contributed by atoms with van der Waals surface area (Å²) in [5.41, 5.74) is -0.167. The zero-order valence-corrected chi connectivity index (χ0v) is 16.3. The number of rotatable bonds is 5. The van der Waals surface area contributed by atoms with Crippen LogP contribution in [0.5, 0.6) is 0 Å². The third-order valence-electron chi connectivity index (χ3n) is 3.72. The molecule has 0 spiro atoms. The zero-order chi connectivity index (χ0) is 17.2. The molecule has 6 heteroatoms. The number of hydrogen-bond donors (Lipinski definition) is 0. The molecule has 0 fully saturated rings. The highest BCUT2D eigenvalue weighted by Crippen LogP contribution is 2.33. The van der Waals surface area contributed by atoms with E-state index in [0.717, 1.165) is 21.7 Å². The smallest absolute Gasteiger partial charge is 0.236 e. The van der Waals surface area contributed by atoms with Crippen molar-refractivity contribution in [2.75, 3.05) is 6.54 Å². The molecule has 0 aliphatic rings. The number of amides is 1. The van der Waals surface area contributed by atoms with Gasteiger partial charge in [-0.25, -0.2) is 9.97 Å². The van der Waals surface area contributed by atoms with E-state index >= 15 is 0 Å². The molecule has 2 rings (SSSR count). The van der Waals surface area contributed by atoms with Crippen LogP contribution in [0.2, 0.25) is 0 Å². The van der Waals surface area contributed by atoms with Crippen LogP contribution in [0.15, 0.2) is 17.4 Å². The van der Waals surface area contributed by atoms with Crippen LogP contribution < -0.4 is 0 Å². The quantitative estimate of drug-likeness (QED) is 0.592. The maximum atomic E-state index is 12.8. The minimum absolute atomic E-state index is 0.155. The number of thiophene rings is 1. The lowest BCUT2D eigenvalue weighted by Gasteiger charge is -2.36. The maximum Gasteiger partial charge on any atom is 0.236 e. The molecule has 2 aromatic rings. The van der Waals surface area contributed by atoms with Gasteiger partial charge in [-0.15, -0.1) is 11.3 Å². The molecule has 2 aromatic heterocycles. The molecule has 0 radical (unpaired) electrons. The first kappa shape index (κ1) is 18.2. The van der Waals surface area contributed by atoms with Crippen molar-refractivity contribution in [3.05, 3.63) is 17.3 Å². The van der Waals surface area contributed by atoms with Crippen LogP contribution >= 0.6 is 23.1 Å². The van der Waals surface area contributed by atoms with Crippen molar-refractivity contribution in [2.45, 2.75) is 63.8 Å². The van der Waals surface area contributed by atoms with E-state index in [1.54, 1.807) is 17.7 Å². The largest absolute Gasteiger partial charge is 0.337 e. The number of aromatic nitrogens is 2. The molecule has 0 aromatic carbocycles. The van der Waals surface area contributed by atoms with Crippen molar-refractivity contribution in [1.82, 2.24) is 14.9 Å². The molecule has 0 N–H and O–H groups in total. The first-order valence-corrected chi connectivity index (χ1v) is 9.69. The highest BCUT2D eigenvalue weighted by Gasteiger charge is 2.29. The van der Waals surface area contributed by atoms with Gasteiger partial charge in [0.05, 0.1) is 5.25 Å². The van der Waals surface area contributed by atoms with Crippen LogP contribution in [-0.2, 0) is 11.2 Å². The van der Waals surface area contributed by atoms with Crippen LogP contribution in [-0.4, -0.2) is 38.1 Å². The second kappa shape index (κ2) is 7.18. The van der Waals surface area contributed by atoms with Crippen molar-refractivity contribution >= 4 is 39.2 Å². The highest BCUT2D eigenvalue weighted by molar-refractivity contribution is 8.00. The van der Waals surface area contributed by atoms with Crippen LogP contribution in [0.1, 0.15) is 46.4 Å². The van der Waals surface area contributed by atoms with E-state index in [-0.39, 0.29) is 16.7 Å². The summed E-state index contributed by atoms with van der Waals surface area (Å²) in [6, 6.07) is 2.15. The molecule has 126 valence electrons. The average molecular weight is 352 g/mol. The maximum absolute atomic E-state index is 12.8. The number of fused-ring (bicyclic) bond motifs is 1.